The molecule has 3 rings (SSSR count). The van der Waals surface area contributed by atoms with Crippen molar-refractivity contribution in [2.24, 2.45) is 0 Å². The molecule has 1 saturated heterocycles. The first kappa shape index (κ1) is 19.3. The van der Waals surface area contributed by atoms with Crippen molar-refractivity contribution in [3.8, 4) is 0 Å². The maximum Gasteiger partial charge on any atom is 0.309 e. The lowest BCUT2D eigenvalue weighted by Crippen LogP contribution is -2.49. The van der Waals surface area contributed by atoms with Crippen LogP contribution in [0.2, 0.25) is 0 Å². The zero-order valence-corrected chi connectivity index (χ0v) is 16.3. The summed E-state index contributed by atoms with van der Waals surface area (Å²) in [6, 6.07) is 3.06. The molecule has 9 heteroatoms. The molecule has 1 atom stereocenters. The summed E-state index contributed by atoms with van der Waals surface area (Å²) >= 11 is 1.19. The molecule has 7 nitrogen and oxygen atoms in total. The molecule has 2 amide bonds. The van der Waals surface area contributed by atoms with Gasteiger partial charge in [0, 0.05) is 25.2 Å². The van der Waals surface area contributed by atoms with Crippen molar-refractivity contribution in [2.75, 3.05) is 13.1 Å². The van der Waals surface area contributed by atoms with E-state index in [9.17, 15) is 18.0 Å². The number of rotatable bonds is 5. The number of hydrogen-bond acceptors (Lipinski definition) is 5. The molecule has 0 radical (unpaired) electrons. The van der Waals surface area contributed by atoms with Crippen molar-refractivity contribution >= 4 is 33.2 Å². The maximum atomic E-state index is 12.7. The van der Waals surface area contributed by atoms with Gasteiger partial charge in [-0.3, -0.25) is 9.59 Å². The van der Waals surface area contributed by atoms with Crippen LogP contribution in [0.25, 0.3) is 0 Å². The third-order valence-corrected chi connectivity index (χ3v) is 8.35. The van der Waals surface area contributed by atoms with E-state index in [0.717, 1.165) is 32.1 Å². The summed E-state index contributed by atoms with van der Waals surface area (Å²) in [5.74, 6) is -1.31. The highest BCUT2D eigenvalue weighted by molar-refractivity contribution is 7.91. The molecule has 0 bridgehead atoms. The standard InChI is InChI=1S/C17H25N3O4S2/c21-16(17(22)19-13-6-2-1-3-7-13)18-12-14-8-4-10-20(14)26(23,24)15-9-5-11-25-15/h5,9,11,13-14H,1-4,6-8,10,12H2,(H,18,21)(H,19,22)/t14-/m0/s1. The minimum atomic E-state index is -3.54. The van der Waals surface area contributed by atoms with Crippen LogP contribution in [0.1, 0.15) is 44.9 Å². The molecule has 26 heavy (non-hydrogen) atoms. The Morgan fingerprint density at radius 2 is 1.88 bits per heavy atom. The second-order valence-corrected chi connectivity index (χ2v) is 9.93. The number of amides is 2. The Hall–Kier alpha value is -1.45. The van der Waals surface area contributed by atoms with Gasteiger partial charge in [-0.05, 0) is 37.1 Å². The zero-order valence-electron chi connectivity index (χ0n) is 14.6. The predicted molar refractivity (Wildman–Crippen MR) is 99.3 cm³/mol. The average Bonchev–Trinajstić information content (AvgIpc) is 3.32. The van der Waals surface area contributed by atoms with Crippen LogP contribution in [0, 0.1) is 0 Å². The Morgan fingerprint density at radius 3 is 2.58 bits per heavy atom. The molecule has 2 N–H and O–H groups in total. The number of thiophene rings is 1. The highest BCUT2D eigenvalue weighted by Gasteiger charge is 2.36. The fourth-order valence-electron chi connectivity index (χ4n) is 3.64. The SMILES string of the molecule is O=C(NC[C@@H]1CCCN1S(=O)(=O)c1cccs1)C(=O)NC1CCCCC1. The Balaban J connectivity index is 1.53. The fourth-order valence-corrected chi connectivity index (χ4v) is 6.46. The van der Waals surface area contributed by atoms with E-state index in [-0.39, 0.29) is 18.6 Å². The molecule has 0 aromatic carbocycles. The lowest BCUT2D eigenvalue weighted by atomic mass is 9.95. The van der Waals surface area contributed by atoms with E-state index >= 15 is 0 Å². The van der Waals surface area contributed by atoms with Crippen LogP contribution in [0.15, 0.2) is 21.7 Å². The minimum absolute atomic E-state index is 0.0733. The first-order valence-corrected chi connectivity index (χ1v) is 11.4. The minimum Gasteiger partial charge on any atom is -0.346 e. The summed E-state index contributed by atoms with van der Waals surface area (Å²) in [5.41, 5.74) is 0. The van der Waals surface area contributed by atoms with E-state index in [1.807, 2.05) is 0 Å². The van der Waals surface area contributed by atoms with Gasteiger partial charge in [-0.2, -0.15) is 4.31 Å². The zero-order chi connectivity index (χ0) is 18.6. The number of carbonyl (C=O) groups is 2. The van der Waals surface area contributed by atoms with Gasteiger partial charge in [0.05, 0.1) is 0 Å². The second kappa shape index (κ2) is 8.49. The molecule has 2 fully saturated rings. The van der Waals surface area contributed by atoms with E-state index in [1.54, 1.807) is 17.5 Å². The highest BCUT2D eigenvalue weighted by atomic mass is 32.2. The van der Waals surface area contributed by atoms with Crippen LogP contribution in [-0.2, 0) is 19.6 Å². The van der Waals surface area contributed by atoms with Gasteiger partial charge in [0.15, 0.2) is 0 Å². The van der Waals surface area contributed by atoms with Gasteiger partial charge in [0.1, 0.15) is 4.21 Å². The maximum absolute atomic E-state index is 12.7. The Kier molecular flexibility index (Phi) is 6.31. The van der Waals surface area contributed by atoms with Gasteiger partial charge in [-0.1, -0.05) is 25.3 Å². The average molecular weight is 400 g/mol. The van der Waals surface area contributed by atoms with Gasteiger partial charge in [-0.15, -0.1) is 11.3 Å². The second-order valence-electron chi connectivity index (χ2n) is 6.86. The molecular formula is C17H25N3O4S2. The third kappa shape index (κ3) is 4.44. The van der Waals surface area contributed by atoms with Crippen molar-refractivity contribution in [3.05, 3.63) is 17.5 Å². The van der Waals surface area contributed by atoms with Crippen molar-refractivity contribution in [3.63, 3.8) is 0 Å². The van der Waals surface area contributed by atoms with Crippen LogP contribution in [0.3, 0.4) is 0 Å². The monoisotopic (exact) mass is 399 g/mol. The summed E-state index contributed by atoms with van der Waals surface area (Å²) < 4.78 is 27.1. The van der Waals surface area contributed by atoms with Crippen LogP contribution >= 0.6 is 11.3 Å². The quantitative estimate of drug-likeness (QED) is 0.733. The molecule has 0 spiro atoms. The van der Waals surface area contributed by atoms with Crippen LogP contribution in [0.5, 0.6) is 0 Å². The largest absolute Gasteiger partial charge is 0.346 e. The molecular weight excluding hydrogens is 374 g/mol. The summed E-state index contributed by atoms with van der Waals surface area (Å²) in [7, 11) is -3.54. The van der Waals surface area contributed by atoms with Gasteiger partial charge < -0.3 is 10.6 Å². The van der Waals surface area contributed by atoms with Gasteiger partial charge >= 0.3 is 11.8 Å². The van der Waals surface area contributed by atoms with Crippen LogP contribution in [0.4, 0.5) is 0 Å². The summed E-state index contributed by atoms with van der Waals surface area (Å²) in [6.07, 6.45) is 6.57. The molecule has 1 aliphatic carbocycles. The van der Waals surface area contributed by atoms with Crippen molar-refractivity contribution < 1.29 is 18.0 Å². The van der Waals surface area contributed by atoms with E-state index in [1.165, 1.54) is 22.1 Å². The van der Waals surface area contributed by atoms with Crippen LogP contribution < -0.4 is 10.6 Å². The Labute approximate surface area is 158 Å². The molecule has 2 aliphatic rings. The molecule has 2 heterocycles. The molecule has 1 aliphatic heterocycles. The summed E-state index contributed by atoms with van der Waals surface area (Å²) in [5, 5.41) is 7.12. The Morgan fingerprint density at radius 1 is 1.12 bits per heavy atom. The van der Waals surface area contributed by atoms with Crippen LogP contribution in [-0.4, -0.2) is 49.7 Å². The number of hydrogen-bond donors (Lipinski definition) is 2. The third-order valence-electron chi connectivity index (χ3n) is 5.03. The normalized spacial score (nSPS) is 22.2. The van der Waals surface area contributed by atoms with Crippen molar-refractivity contribution in [1.82, 2.24) is 14.9 Å². The number of nitrogens with one attached hydrogen (secondary N) is 2. The first-order chi connectivity index (χ1) is 12.5. The fraction of sp³-hybridized carbons (Fsp3) is 0.647. The molecule has 144 valence electrons. The van der Waals surface area contributed by atoms with Crippen molar-refractivity contribution in [2.45, 2.75) is 61.2 Å². The smallest absolute Gasteiger partial charge is 0.309 e. The first-order valence-electron chi connectivity index (χ1n) is 9.12. The van der Waals surface area contributed by atoms with E-state index in [4.69, 9.17) is 0 Å². The Bertz CT molecular complexity index is 727. The van der Waals surface area contributed by atoms with E-state index < -0.39 is 21.8 Å². The predicted octanol–water partition coefficient (Wildman–Crippen LogP) is 1.47. The van der Waals surface area contributed by atoms with Gasteiger partial charge in [0.2, 0.25) is 0 Å². The molecule has 0 unspecified atom stereocenters. The molecule has 1 aromatic rings. The van der Waals surface area contributed by atoms with Crippen molar-refractivity contribution in [1.29, 1.82) is 0 Å². The number of carbonyl (C=O) groups excluding carboxylic acids is 2. The molecule has 1 saturated carbocycles. The van der Waals surface area contributed by atoms with Gasteiger partial charge in [0.25, 0.3) is 10.0 Å². The topological polar surface area (TPSA) is 95.6 Å². The van der Waals surface area contributed by atoms with E-state index in [0.29, 0.717) is 17.2 Å². The lowest BCUT2D eigenvalue weighted by Gasteiger charge is -2.24. The molecule has 1 aromatic heterocycles. The highest BCUT2D eigenvalue weighted by Crippen LogP contribution is 2.28. The van der Waals surface area contributed by atoms with Gasteiger partial charge in [-0.25, -0.2) is 8.42 Å². The number of sulfonamides is 1. The van der Waals surface area contributed by atoms with E-state index in [2.05, 4.69) is 10.6 Å². The summed E-state index contributed by atoms with van der Waals surface area (Å²) in [4.78, 5) is 24.1. The number of nitrogens with zero attached hydrogens (tertiary/aromatic N) is 1. The lowest BCUT2D eigenvalue weighted by molar-refractivity contribution is -0.139. The summed E-state index contributed by atoms with van der Waals surface area (Å²) in [6.45, 7) is 0.594.